The molecule has 0 spiro atoms. The van der Waals surface area contributed by atoms with Crippen LogP contribution >= 0.6 is 11.8 Å². The van der Waals surface area contributed by atoms with E-state index >= 15 is 0 Å². The summed E-state index contributed by atoms with van der Waals surface area (Å²) in [4.78, 5) is 0. The SMILES string of the molecule is CCSc1nnc(Cc2ccccc2)o1. The molecule has 0 saturated heterocycles. The summed E-state index contributed by atoms with van der Waals surface area (Å²) in [6.07, 6.45) is 0.706. The maximum atomic E-state index is 5.47. The number of hydrogen-bond donors (Lipinski definition) is 0. The Balaban J connectivity index is 2.05. The highest BCUT2D eigenvalue weighted by Gasteiger charge is 2.05. The van der Waals surface area contributed by atoms with Gasteiger partial charge in [0.1, 0.15) is 0 Å². The number of aromatic nitrogens is 2. The lowest BCUT2D eigenvalue weighted by atomic mass is 10.2. The van der Waals surface area contributed by atoms with Crippen molar-refractivity contribution < 1.29 is 4.42 Å². The van der Waals surface area contributed by atoms with Crippen molar-refractivity contribution in [3.05, 3.63) is 41.8 Å². The quantitative estimate of drug-likeness (QED) is 0.743. The molecule has 1 heterocycles. The molecule has 0 unspecified atom stereocenters. The summed E-state index contributed by atoms with van der Waals surface area (Å²) in [5.41, 5.74) is 1.19. The maximum Gasteiger partial charge on any atom is 0.276 e. The van der Waals surface area contributed by atoms with Gasteiger partial charge < -0.3 is 4.42 Å². The molecular formula is C11H12N2OS. The van der Waals surface area contributed by atoms with Gasteiger partial charge in [-0.15, -0.1) is 10.2 Å². The molecule has 0 aliphatic rings. The average molecular weight is 220 g/mol. The molecule has 4 heteroatoms. The average Bonchev–Trinajstić information content (AvgIpc) is 2.68. The van der Waals surface area contributed by atoms with Crippen LogP contribution in [0.5, 0.6) is 0 Å². The minimum atomic E-state index is 0.656. The zero-order valence-electron chi connectivity index (χ0n) is 8.51. The van der Waals surface area contributed by atoms with E-state index in [1.54, 1.807) is 11.8 Å². The molecule has 0 aliphatic carbocycles. The lowest BCUT2D eigenvalue weighted by Gasteiger charge is -1.94. The van der Waals surface area contributed by atoms with Crippen LogP contribution in [0.15, 0.2) is 40.0 Å². The van der Waals surface area contributed by atoms with Crippen LogP contribution in [0.3, 0.4) is 0 Å². The van der Waals surface area contributed by atoms with Crippen LogP contribution in [0.25, 0.3) is 0 Å². The van der Waals surface area contributed by atoms with Gasteiger partial charge in [0, 0.05) is 0 Å². The first kappa shape index (κ1) is 10.2. The van der Waals surface area contributed by atoms with Gasteiger partial charge in [0.2, 0.25) is 5.89 Å². The van der Waals surface area contributed by atoms with Gasteiger partial charge in [-0.1, -0.05) is 49.0 Å². The van der Waals surface area contributed by atoms with Crippen LogP contribution in [-0.4, -0.2) is 16.0 Å². The van der Waals surface area contributed by atoms with Gasteiger partial charge in [0.25, 0.3) is 5.22 Å². The Hall–Kier alpha value is -1.29. The van der Waals surface area contributed by atoms with Crippen molar-refractivity contribution in [1.82, 2.24) is 10.2 Å². The van der Waals surface area contributed by atoms with E-state index in [4.69, 9.17) is 4.42 Å². The Kier molecular flexibility index (Phi) is 3.40. The predicted octanol–water partition coefficient (Wildman–Crippen LogP) is 2.77. The van der Waals surface area contributed by atoms with Crippen LogP contribution in [0.1, 0.15) is 18.4 Å². The van der Waals surface area contributed by atoms with Crippen LogP contribution in [0.4, 0.5) is 0 Å². The van der Waals surface area contributed by atoms with Crippen molar-refractivity contribution in [2.45, 2.75) is 18.6 Å². The summed E-state index contributed by atoms with van der Waals surface area (Å²) in [5.74, 6) is 1.63. The summed E-state index contributed by atoms with van der Waals surface area (Å²) in [7, 11) is 0. The monoisotopic (exact) mass is 220 g/mol. The molecule has 1 aromatic carbocycles. The third kappa shape index (κ3) is 2.83. The van der Waals surface area contributed by atoms with E-state index in [-0.39, 0.29) is 0 Å². The van der Waals surface area contributed by atoms with Gasteiger partial charge in [0.15, 0.2) is 0 Å². The summed E-state index contributed by atoms with van der Waals surface area (Å²) >= 11 is 1.57. The van der Waals surface area contributed by atoms with Crippen LogP contribution in [0, 0.1) is 0 Å². The first-order valence-corrected chi connectivity index (χ1v) is 5.86. The number of hydrogen-bond acceptors (Lipinski definition) is 4. The molecule has 0 N–H and O–H groups in total. The van der Waals surface area contributed by atoms with E-state index in [0.717, 1.165) is 5.75 Å². The van der Waals surface area contributed by atoms with E-state index in [0.29, 0.717) is 17.5 Å². The molecule has 2 aromatic rings. The Morgan fingerprint density at radius 1 is 1.20 bits per heavy atom. The predicted molar refractivity (Wildman–Crippen MR) is 59.9 cm³/mol. The summed E-state index contributed by atoms with van der Waals surface area (Å²) in [6.45, 7) is 2.06. The number of nitrogens with zero attached hydrogens (tertiary/aromatic N) is 2. The van der Waals surface area contributed by atoms with E-state index < -0.39 is 0 Å². The molecule has 0 fully saturated rings. The molecule has 0 atom stereocenters. The first-order chi connectivity index (χ1) is 7.38. The van der Waals surface area contributed by atoms with E-state index in [1.807, 2.05) is 18.2 Å². The topological polar surface area (TPSA) is 38.9 Å². The molecule has 15 heavy (non-hydrogen) atoms. The second-order valence-electron chi connectivity index (χ2n) is 3.06. The highest BCUT2D eigenvalue weighted by Crippen LogP contribution is 2.16. The fourth-order valence-electron chi connectivity index (χ4n) is 1.26. The van der Waals surface area contributed by atoms with Gasteiger partial charge in [0.05, 0.1) is 6.42 Å². The highest BCUT2D eigenvalue weighted by atomic mass is 32.2. The van der Waals surface area contributed by atoms with E-state index in [2.05, 4.69) is 29.3 Å². The van der Waals surface area contributed by atoms with Crippen molar-refractivity contribution >= 4 is 11.8 Å². The highest BCUT2D eigenvalue weighted by molar-refractivity contribution is 7.99. The van der Waals surface area contributed by atoms with Gasteiger partial charge >= 0.3 is 0 Å². The molecule has 78 valence electrons. The summed E-state index contributed by atoms with van der Waals surface area (Å²) < 4.78 is 5.47. The minimum absolute atomic E-state index is 0.656. The van der Waals surface area contributed by atoms with Crippen molar-refractivity contribution in [1.29, 1.82) is 0 Å². The third-order valence-corrected chi connectivity index (χ3v) is 2.61. The molecule has 2 rings (SSSR count). The third-order valence-electron chi connectivity index (χ3n) is 1.91. The lowest BCUT2D eigenvalue weighted by molar-refractivity contribution is 0.420. The maximum absolute atomic E-state index is 5.47. The van der Waals surface area contributed by atoms with E-state index in [9.17, 15) is 0 Å². The zero-order chi connectivity index (χ0) is 10.5. The van der Waals surface area contributed by atoms with Crippen LogP contribution in [-0.2, 0) is 6.42 Å². The molecular weight excluding hydrogens is 208 g/mol. The summed E-state index contributed by atoms with van der Waals surface area (Å²) in [6, 6.07) is 10.1. The fraction of sp³-hybridized carbons (Fsp3) is 0.273. The number of rotatable bonds is 4. The Labute approximate surface area is 92.9 Å². The second kappa shape index (κ2) is 4.98. The van der Waals surface area contributed by atoms with Crippen molar-refractivity contribution in [2.75, 3.05) is 5.75 Å². The molecule has 0 bridgehead atoms. The van der Waals surface area contributed by atoms with Crippen molar-refractivity contribution in [3.8, 4) is 0 Å². The lowest BCUT2D eigenvalue weighted by Crippen LogP contribution is -1.87. The molecule has 0 saturated carbocycles. The molecule has 0 radical (unpaired) electrons. The van der Waals surface area contributed by atoms with Gasteiger partial charge in [-0.3, -0.25) is 0 Å². The number of thioether (sulfide) groups is 1. The smallest absolute Gasteiger partial charge is 0.276 e. The normalized spacial score (nSPS) is 10.5. The van der Waals surface area contributed by atoms with Gasteiger partial charge in [-0.25, -0.2) is 0 Å². The molecule has 0 amide bonds. The molecule has 3 nitrogen and oxygen atoms in total. The fourth-order valence-corrected chi connectivity index (χ4v) is 1.76. The zero-order valence-corrected chi connectivity index (χ0v) is 9.33. The van der Waals surface area contributed by atoms with Crippen molar-refractivity contribution in [3.63, 3.8) is 0 Å². The largest absolute Gasteiger partial charge is 0.416 e. The Bertz CT molecular complexity index is 414. The second-order valence-corrected chi connectivity index (χ2v) is 4.27. The summed E-state index contributed by atoms with van der Waals surface area (Å²) in [5, 5.41) is 8.60. The number of benzene rings is 1. The van der Waals surface area contributed by atoms with Gasteiger partial charge in [-0.05, 0) is 11.3 Å². The van der Waals surface area contributed by atoms with Crippen molar-refractivity contribution in [2.24, 2.45) is 0 Å². The Morgan fingerprint density at radius 2 is 2.00 bits per heavy atom. The van der Waals surface area contributed by atoms with Crippen LogP contribution in [0.2, 0.25) is 0 Å². The molecule has 1 aromatic heterocycles. The molecule has 0 aliphatic heterocycles. The first-order valence-electron chi connectivity index (χ1n) is 4.87. The van der Waals surface area contributed by atoms with E-state index in [1.165, 1.54) is 5.56 Å². The minimum Gasteiger partial charge on any atom is -0.416 e. The van der Waals surface area contributed by atoms with Crippen LogP contribution < -0.4 is 0 Å². The standard InChI is InChI=1S/C11H12N2OS/c1-2-15-11-13-12-10(14-11)8-9-6-4-3-5-7-9/h3-7H,2,8H2,1H3. The Morgan fingerprint density at radius 3 is 2.73 bits per heavy atom. The van der Waals surface area contributed by atoms with Gasteiger partial charge in [-0.2, -0.15) is 0 Å².